The Morgan fingerprint density at radius 1 is 0.923 bits per heavy atom. The second-order valence-electron chi connectivity index (χ2n) is 5.63. The van der Waals surface area contributed by atoms with Crippen LogP contribution in [0.2, 0.25) is 5.02 Å². The van der Waals surface area contributed by atoms with Crippen LogP contribution in [0, 0.1) is 0 Å². The van der Waals surface area contributed by atoms with Crippen molar-refractivity contribution in [2.24, 2.45) is 0 Å². The smallest absolute Gasteiger partial charge is 0.124 e. The third-order valence-electron chi connectivity index (χ3n) is 3.72. The first-order valence-electron chi connectivity index (χ1n) is 7.96. The van der Waals surface area contributed by atoms with Crippen molar-refractivity contribution in [1.29, 1.82) is 0 Å². The average Bonchev–Trinajstić information content (AvgIpc) is 2.63. The predicted molar refractivity (Wildman–Crippen MR) is 112 cm³/mol. The zero-order valence-corrected chi connectivity index (χ0v) is 17.2. The molecule has 1 heterocycles. The van der Waals surface area contributed by atoms with E-state index in [4.69, 9.17) is 16.3 Å². The molecule has 0 atom stereocenters. The first kappa shape index (κ1) is 20.7. The molecule has 1 aromatic heterocycles. The van der Waals surface area contributed by atoms with Gasteiger partial charge in [-0.15, -0.1) is 12.4 Å². The number of ether oxygens (including phenoxy) is 1. The van der Waals surface area contributed by atoms with Crippen molar-refractivity contribution < 1.29 is 4.74 Å². The highest BCUT2D eigenvalue weighted by molar-refractivity contribution is 9.10. The minimum absolute atomic E-state index is 0. The van der Waals surface area contributed by atoms with E-state index in [0.717, 1.165) is 39.5 Å². The number of benzene rings is 2. The van der Waals surface area contributed by atoms with Crippen molar-refractivity contribution >= 4 is 39.9 Å². The lowest BCUT2D eigenvalue weighted by Crippen LogP contribution is -2.13. The van der Waals surface area contributed by atoms with Gasteiger partial charge >= 0.3 is 0 Å². The van der Waals surface area contributed by atoms with E-state index >= 15 is 0 Å². The normalized spacial score (nSPS) is 10.2. The second kappa shape index (κ2) is 10.5. The first-order valence-corrected chi connectivity index (χ1v) is 9.13. The van der Waals surface area contributed by atoms with Crippen LogP contribution in [-0.4, -0.2) is 4.98 Å². The summed E-state index contributed by atoms with van der Waals surface area (Å²) in [4.78, 5) is 4.03. The molecule has 0 fully saturated rings. The van der Waals surface area contributed by atoms with Crippen molar-refractivity contribution in [1.82, 2.24) is 10.3 Å². The second-order valence-corrected chi connectivity index (χ2v) is 6.98. The van der Waals surface area contributed by atoms with Gasteiger partial charge in [-0.1, -0.05) is 39.7 Å². The quantitative estimate of drug-likeness (QED) is 0.491. The Hall–Kier alpha value is -1.59. The van der Waals surface area contributed by atoms with Gasteiger partial charge in [0, 0.05) is 40.5 Å². The van der Waals surface area contributed by atoms with Crippen molar-refractivity contribution in [3.8, 4) is 5.75 Å². The van der Waals surface area contributed by atoms with E-state index in [2.05, 4.69) is 32.3 Å². The Bertz CT molecular complexity index is 814. The molecule has 0 bridgehead atoms. The Morgan fingerprint density at radius 3 is 2.38 bits per heavy atom. The fraction of sp³-hybridized carbons (Fsp3) is 0.150. The molecule has 3 nitrogen and oxygen atoms in total. The summed E-state index contributed by atoms with van der Waals surface area (Å²) < 4.78 is 7.04. The number of aromatic nitrogens is 1. The van der Waals surface area contributed by atoms with Crippen molar-refractivity contribution in [2.45, 2.75) is 19.7 Å². The van der Waals surface area contributed by atoms with Crippen LogP contribution in [0.4, 0.5) is 0 Å². The van der Waals surface area contributed by atoms with Crippen molar-refractivity contribution in [3.05, 3.63) is 93.2 Å². The van der Waals surface area contributed by atoms with E-state index in [1.54, 1.807) is 12.4 Å². The molecule has 0 amide bonds. The van der Waals surface area contributed by atoms with Crippen LogP contribution >= 0.6 is 39.9 Å². The number of nitrogens with one attached hydrogen (secondary N) is 1. The van der Waals surface area contributed by atoms with Gasteiger partial charge in [0.25, 0.3) is 0 Å². The molecule has 0 spiro atoms. The minimum atomic E-state index is 0. The van der Waals surface area contributed by atoms with Gasteiger partial charge in [0.2, 0.25) is 0 Å². The van der Waals surface area contributed by atoms with Crippen molar-refractivity contribution in [3.63, 3.8) is 0 Å². The topological polar surface area (TPSA) is 34.1 Å². The van der Waals surface area contributed by atoms with E-state index in [1.807, 2.05) is 48.5 Å². The molecule has 1 N–H and O–H groups in total. The van der Waals surface area contributed by atoms with Crippen molar-refractivity contribution in [2.75, 3.05) is 0 Å². The monoisotopic (exact) mass is 452 g/mol. The predicted octanol–water partition coefficient (Wildman–Crippen LogP) is 5.79. The first-order chi connectivity index (χ1) is 12.2. The molecule has 0 saturated carbocycles. The number of halogens is 3. The fourth-order valence-corrected chi connectivity index (χ4v) is 2.95. The fourth-order valence-electron chi connectivity index (χ4n) is 2.41. The standard InChI is InChI=1S/C20H18BrClN2O.ClH/c21-18-3-6-20(25-14-16-1-4-19(22)5-2-16)17(11-18)13-24-12-15-7-9-23-10-8-15;/h1-11,24H,12-14H2;1H. The van der Waals surface area contributed by atoms with E-state index in [-0.39, 0.29) is 12.4 Å². The zero-order valence-electron chi connectivity index (χ0n) is 14.0. The lowest BCUT2D eigenvalue weighted by molar-refractivity contribution is 0.302. The van der Waals surface area contributed by atoms with Crippen LogP contribution in [0.25, 0.3) is 0 Å². The average molecular weight is 454 g/mol. The Balaban J connectivity index is 0.00000243. The Kier molecular flexibility index (Phi) is 8.39. The summed E-state index contributed by atoms with van der Waals surface area (Å²) in [5, 5.41) is 4.18. The third-order valence-corrected chi connectivity index (χ3v) is 4.47. The highest BCUT2D eigenvalue weighted by Gasteiger charge is 2.06. The van der Waals surface area contributed by atoms with E-state index < -0.39 is 0 Å². The zero-order chi connectivity index (χ0) is 17.5. The van der Waals surface area contributed by atoms with E-state index in [0.29, 0.717) is 6.61 Å². The van der Waals surface area contributed by atoms with Crippen LogP contribution in [0.3, 0.4) is 0 Å². The van der Waals surface area contributed by atoms with Gasteiger partial charge in [-0.05, 0) is 53.6 Å². The SMILES string of the molecule is Cl.Clc1ccc(COc2ccc(Br)cc2CNCc2ccncc2)cc1. The largest absolute Gasteiger partial charge is 0.489 e. The summed E-state index contributed by atoms with van der Waals surface area (Å²) in [6.45, 7) is 2.01. The van der Waals surface area contributed by atoms with Gasteiger partial charge in [0.15, 0.2) is 0 Å². The molecule has 0 radical (unpaired) electrons. The van der Waals surface area contributed by atoms with Gasteiger partial charge in [0.05, 0.1) is 0 Å². The van der Waals surface area contributed by atoms with Crippen LogP contribution < -0.4 is 10.1 Å². The number of hydrogen-bond donors (Lipinski definition) is 1. The van der Waals surface area contributed by atoms with Gasteiger partial charge in [0.1, 0.15) is 12.4 Å². The molecule has 0 unspecified atom stereocenters. The molecule has 0 aliphatic heterocycles. The molecule has 6 heteroatoms. The summed E-state index contributed by atoms with van der Waals surface area (Å²) in [7, 11) is 0. The Labute approximate surface area is 173 Å². The van der Waals surface area contributed by atoms with Crippen LogP contribution in [0.1, 0.15) is 16.7 Å². The summed E-state index contributed by atoms with van der Waals surface area (Å²) in [6.07, 6.45) is 3.60. The van der Waals surface area contributed by atoms with E-state index in [1.165, 1.54) is 5.56 Å². The molecule has 2 aromatic carbocycles. The molecule has 3 rings (SSSR count). The van der Waals surface area contributed by atoms with Gasteiger partial charge in [-0.3, -0.25) is 4.98 Å². The highest BCUT2D eigenvalue weighted by atomic mass is 79.9. The van der Waals surface area contributed by atoms with E-state index in [9.17, 15) is 0 Å². The molecule has 136 valence electrons. The summed E-state index contributed by atoms with van der Waals surface area (Å²) >= 11 is 9.45. The maximum atomic E-state index is 6.01. The molecule has 26 heavy (non-hydrogen) atoms. The van der Waals surface area contributed by atoms with Crippen LogP contribution in [-0.2, 0) is 19.7 Å². The number of hydrogen-bond acceptors (Lipinski definition) is 3. The van der Waals surface area contributed by atoms with Crippen LogP contribution in [0.15, 0.2) is 71.5 Å². The molecule has 0 saturated heterocycles. The lowest BCUT2D eigenvalue weighted by atomic mass is 10.2. The number of nitrogens with zero attached hydrogens (tertiary/aromatic N) is 1. The summed E-state index contributed by atoms with van der Waals surface area (Å²) in [5.74, 6) is 0.875. The maximum Gasteiger partial charge on any atom is 0.124 e. The molecular formula is C20H19BrCl2N2O. The Morgan fingerprint density at radius 2 is 1.65 bits per heavy atom. The van der Waals surface area contributed by atoms with Gasteiger partial charge < -0.3 is 10.1 Å². The lowest BCUT2D eigenvalue weighted by Gasteiger charge is -2.13. The maximum absolute atomic E-state index is 6.01. The summed E-state index contributed by atoms with van der Waals surface area (Å²) in [5.41, 5.74) is 3.40. The molecule has 0 aliphatic rings. The van der Waals surface area contributed by atoms with Crippen LogP contribution in [0.5, 0.6) is 5.75 Å². The molecule has 3 aromatic rings. The number of pyridine rings is 1. The van der Waals surface area contributed by atoms with Gasteiger partial charge in [-0.25, -0.2) is 0 Å². The molecular weight excluding hydrogens is 435 g/mol. The summed E-state index contributed by atoms with van der Waals surface area (Å²) in [6, 6.07) is 17.8. The molecule has 0 aliphatic carbocycles. The minimum Gasteiger partial charge on any atom is -0.489 e. The van der Waals surface area contributed by atoms with Gasteiger partial charge in [-0.2, -0.15) is 0 Å². The number of rotatable bonds is 7. The highest BCUT2D eigenvalue weighted by Crippen LogP contribution is 2.24. The third kappa shape index (κ3) is 6.29.